The lowest BCUT2D eigenvalue weighted by molar-refractivity contribution is -0.101. The summed E-state index contributed by atoms with van der Waals surface area (Å²) in [4.78, 5) is 4.47. The van der Waals surface area contributed by atoms with Crippen LogP contribution < -0.4 is 5.73 Å². The van der Waals surface area contributed by atoms with Crippen molar-refractivity contribution in [1.29, 1.82) is 0 Å². The molecule has 0 aromatic carbocycles. The number of hydrogen-bond donors (Lipinski definition) is 1. The Balaban J connectivity index is 1.97. The summed E-state index contributed by atoms with van der Waals surface area (Å²) in [5.74, 6) is 0.940. The second-order valence-electron chi connectivity index (χ2n) is 4.74. The molecule has 20 heavy (non-hydrogen) atoms. The van der Waals surface area contributed by atoms with Gasteiger partial charge in [0.1, 0.15) is 10.6 Å². The lowest BCUT2D eigenvalue weighted by Gasteiger charge is -2.32. The number of nitrogens with zero attached hydrogens (tertiary/aromatic N) is 3. The summed E-state index contributed by atoms with van der Waals surface area (Å²) < 4.78 is 20.6. The highest BCUT2D eigenvalue weighted by Crippen LogP contribution is 2.36. The Morgan fingerprint density at radius 1 is 1.35 bits per heavy atom. The van der Waals surface area contributed by atoms with Gasteiger partial charge in [0.05, 0.1) is 11.3 Å². The highest BCUT2D eigenvalue weighted by molar-refractivity contribution is 7.10. The molecular weight excluding hydrogens is 280 g/mol. The zero-order valence-electron chi connectivity index (χ0n) is 11.4. The molecule has 3 heterocycles. The molecule has 0 radical (unpaired) electrons. The normalized spacial score (nSPS) is 18.3. The van der Waals surface area contributed by atoms with Crippen LogP contribution in [0.1, 0.15) is 24.4 Å². The van der Waals surface area contributed by atoms with Gasteiger partial charge in [-0.15, -0.1) is 0 Å². The third-order valence-electron chi connectivity index (χ3n) is 3.63. The van der Waals surface area contributed by atoms with E-state index >= 15 is 0 Å². The third kappa shape index (κ3) is 2.09. The van der Waals surface area contributed by atoms with Gasteiger partial charge in [-0.1, -0.05) is 5.16 Å². The second kappa shape index (κ2) is 5.12. The number of hydrogen-bond acceptors (Lipinski definition) is 8. The van der Waals surface area contributed by atoms with Crippen molar-refractivity contribution in [2.45, 2.75) is 25.4 Å². The highest BCUT2D eigenvalue weighted by Gasteiger charge is 2.39. The maximum absolute atomic E-state index is 5.90. The van der Waals surface area contributed by atoms with Crippen LogP contribution in [0.4, 0.5) is 5.00 Å². The van der Waals surface area contributed by atoms with E-state index in [0.717, 1.165) is 5.69 Å². The van der Waals surface area contributed by atoms with Crippen LogP contribution in [0.3, 0.4) is 0 Å². The Hall–Kier alpha value is -1.51. The predicted molar refractivity (Wildman–Crippen MR) is 73.3 cm³/mol. The van der Waals surface area contributed by atoms with Gasteiger partial charge >= 0.3 is 0 Å². The van der Waals surface area contributed by atoms with Gasteiger partial charge in [-0.2, -0.15) is 9.36 Å². The fourth-order valence-corrected chi connectivity index (χ4v) is 3.03. The van der Waals surface area contributed by atoms with Gasteiger partial charge < -0.3 is 19.7 Å². The molecule has 0 saturated carbocycles. The van der Waals surface area contributed by atoms with E-state index in [9.17, 15) is 0 Å². The molecule has 2 N–H and O–H groups in total. The topological polar surface area (TPSA) is 96.3 Å². The van der Waals surface area contributed by atoms with Gasteiger partial charge in [-0.25, -0.2) is 0 Å². The number of anilines is 1. The van der Waals surface area contributed by atoms with Crippen molar-refractivity contribution in [1.82, 2.24) is 14.5 Å². The molecule has 7 nitrogen and oxygen atoms in total. The minimum absolute atomic E-state index is 0.395. The van der Waals surface area contributed by atoms with E-state index < -0.39 is 5.60 Å². The fraction of sp³-hybridized carbons (Fsp3) is 0.583. The summed E-state index contributed by atoms with van der Waals surface area (Å²) in [5, 5.41) is 4.66. The number of ether oxygens (including phenoxy) is 2. The highest BCUT2D eigenvalue weighted by atomic mass is 32.1. The van der Waals surface area contributed by atoms with Gasteiger partial charge in [0.15, 0.2) is 0 Å². The van der Waals surface area contributed by atoms with Gasteiger partial charge in [-0.05, 0) is 18.5 Å². The van der Waals surface area contributed by atoms with E-state index in [2.05, 4.69) is 14.5 Å². The summed E-state index contributed by atoms with van der Waals surface area (Å²) in [6, 6.07) is 0. The number of aromatic nitrogens is 3. The first-order valence-corrected chi connectivity index (χ1v) is 7.13. The second-order valence-corrected chi connectivity index (χ2v) is 5.55. The smallest absolute Gasteiger partial charge is 0.262 e. The van der Waals surface area contributed by atoms with E-state index in [0.29, 0.717) is 48.3 Å². The number of nitrogens with two attached hydrogens (primary N) is 1. The summed E-state index contributed by atoms with van der Waals surface area (Å²) in [6.07, 6.45) is 1.41. The van der Waals surface area contributed by atoms with Crippen LogP contribution >= 0.6 is 11.5 Å². The minimum Gasteiger partial charge on any atom is -0.389 e. The zero-order chi connectivity index (χ0) is 14.2. The van der Waals surface area contributed by atoms with E-state index in [1.54, 1.807) is 7.11 Å². The van der Waals surface area contributed by atoms with Crippen molar-refractivity contribution in [2.24, 2.45) is 0 Å². The molecule has 0 atom stereocenters. The first kappa shape index (κ1) is 13.5. The number of methoxy groups -OCH3 is 1. The molecular formula is C12H16N4O3S. The molecule has 1 fully saturated rings. The Labute approximate surface area is 120 Å². The van der Waals surface area contributed by atoms with Gasteiger partial charge in [0, 0.05) is 33.2 Å². The molecule has 0 amide bonds. The van der Waals surface area contributed by atoms with Crippen LogP contribution in [0, 0.1) is 6.92 Å². The maximum Gasteiger partial charge on any atom is 0.262 e. The fourth-order valence-electron chi connectivity index (χ4n) is 2.38. The maximum atomic E-state index is 5.90. The molecule has 1 saturated heterocycles. The Bertz CT molecular complexity index is 584. The quantitative estimate of drug-likeness (QED) is 0.921. The Morgan fingerprint density at radius 3 is 2.70 bits per heavy atom. The molecule has 2 aromatic heterocycles. The lowest BCUT2D eigenvalue weighted by atomic mass is 9.93. The van der Waals surface area contributed by atoms with Gasteiger partial charge in [0.2, 0.25) is 5.82 Å². The average Bonchev–Trinajstić information content (AvgIpc) is 3.07. The SMILES string of the molecule is COC1(c2noc(-c3c(C)nsc3N)n2)CCOCC1. The number of nitrogen functional groups attached to an aromatic ring is 1. The Kier molecular flexibility index (Phi) is 3.45. The van der Waals surface area contributed by atoms with Crippen molar-refractivity contribution in [3.05, 3.63) is 11.5 Å². The molecule has 108 valence electrons. The van der Waals surface area contributed by atoms with E-state index in [1.165, 1.54) is 11.5 Å². The standard InChI is InChI=1S/C12H16N4O3S/c1-7-8(9(13)20-16-7)10-14-11(15-19-10)12(17-2)3-5-18-6-4-12/h3-6,13H2,1-2H3. The lowest BCUT2D eigenvalue weighted by Crippen LogP contribution is -2.36. The van der Waals surface area contributed by atoms with Crippen molar-refractivity contribution >= 4 is 16.5 Å². The molecule has 8 heteroatoms. The molecule has 1 aliphatic rings. The van der Waals surface area contributed by atoms with Crippen LogP contribution in [0.25, 0.3) is 11.5 Å². The summed E-state index contributed by atoms with van der Waals surface area (Å²) in [6.45, 7) is 3.12. The molecule has 1 aliphatic heterocycles. The largest absolute Gasteiger partial charge is 0.389 e. The van der Waals surface area contributed by atoms with Crippen LogP contribution in [-0.4, -0.2) is 34.8 Å². The van der Waals surface area contributed by atoms with Gasteiger partial charge in [-0.3, -0.25) is 0 Å². The minimum atomic E-state index is -0.536. The first-order chi connectivity index (χ1) is 9.66. The molecule has 0 aliphatic carbocycles. The van der Waals surface area contributed by atoms with Crippen LogP contribution in [0.15, 0.2) is 4.52 Å². The van der Waals surface area contributed by atoms with Crippen molar-refractivity contribution in [3.63, 3.8) is 0 Å². The summed E-state index contributed by atoms with van der Waals surface area (Å²) in [7, 11) is 1.66. The summed E-state index contributed by atoms with van der Waals surface area (Å²) >= 11 is 1.22. The van der Waals surface area contributed by atoms with Crippen LogP contribution in [0.2, 0.25) is 0 Å². The zero-order valence-corrected chi connectivity index (χ0v) is 12.2. The van der Waals surface area contributed by atoms with Crippen molar-refractivity contribution in [2.75, 3.05) is 26.1 Å². The van der Waals surface area contributed by atoms with Crippen molar-refractivity contribution < 1.29 is 14.0 Å². The monoisotopic (exact) mass is 296 g/mol. The number of aryl methyl sites for hydroxylation is 1. The number of rotatable bonds is 3. The van der Waals surface area contributed by atoms with Crippen LogP contribution in [-0.2, 0) is 15.1 Å². The molecule has 2 aromatic rings. The average molecular weight is 296 g/mol. The molecule has 0 unspecified atom stereocenters. The summed E-state index contributed by atoms with van der Waals surface area (Å²) in [5.41, 5.74) is 6.88. The molecule has 0 bridgehead atoms. The predicted octanol–water partition coefficient (Wildman–Crippen LogP) is 1.74. The van der Waals surface area contributed by atoms with Crippen molar-refractivity contribution in [3.8, 4) is 11.5 Å². The molecule has 3 rings (SSSR count). The molecule has 0 spiro atoms. The first-order valence-electron chi connectivity index (χ1n) is 6.35. The van der Waals surface area contributed by atoms with E-state index in [4.69, 9.17) is 19.7 Å². The van der Waals surface area contributed by atoms with E-state index in [1.807, 2.05) is 6.92 Å². The van der Waals surface area contributed by atoms with Crippen LogP contribution in [0.5, 0.6) is 0 Å². The Morgan fingerprint density at radius 2 is 2.10 bits per heavy atom. The van der Waals surface area contributed by atoms with E-state index in [-0.39, 0.29) is 0 Å². The van der Waals surface area contributed by atoms with Gasteiger partial charge in [0.25, 0.3) is 5.89 Å². The third-order valence-corrected chi connectivity index (χ3v) is 4.39.